The first-order valence-electron chi connectivity index (χ1n) is 10.6. The molecule has 0 fully saturated rings. The Labute approximate surface area is 193 Å². The number of hydrogen-bond donors (Lipinski definition) is 2. The van der Waals surface area contributed by atoms with E-state index < -0.39 is 23.2 Å². The normalized spacial score (nSPS) is 11.9. The zero-order valence-corrected chi connectivity index (χ0v) is 21.9. The first-order valence-corrected chi connectivity index (χ1v) is 16.3. The Hall–Kier alpha value is -2.47. The van der Waals surface area contributed by atoms with E-state index in [9.17, 15) is 9.59 Å². The second kappa shape index (κ2) is 10.9. The van der Waals surface area contributed by atoms with Crippen molar-refractivity contribution in [3.63, 3.8) is 0 Å². The molecule has 0 aliphatic heterocycles. The fourth-order valence-corrected chi connectivity index (χ4v) is 8.69. The quantitative estimate of drug-likeness (QED) is 0.470. The molecule has 0 radical (unpaired) electrons. The zero-order chi connectivity index (χ0) is 23.9. The van der Waals surface area contributed by atoms with Crippen molar-refractivity contribution in [1.29, 1.82) is 0 Å². The van der Waals surface area contributed by atoms with Crippen molar-refractivity contribution in [2.24, 2.45) is 5.92 Å². The SMILES string of the molecule is CO[Si](C)(C)O[Si](C)(C)OC(=O)Nc1ccc(Cc2ccc(NC(=O)C(C)C)cc2)cc1. The predicted molar refractivity (Wildman–Crippen MR) is 132 cm³/mol. The first kappa shape index (κ1) is 25.8. The summed E-state index contributed by atoms with van der Waals surface area (Å²) in [4.78, 5) is 24.1. The van der Waals surface area contributed by atoms with Crippen molar-refractivity contribution in [3.05, 3.63) is 59.7 Å². The second-order valence-electron chi connectivity index (χ2n) is 8.83. The highest BCUT2D eigenvalue weighted by molar-refractivity contribution is 6.79. The van der Waals surface area contributed by atoms with Crippen molar-refractivity contribution in [2.45, 2.75) is 46.5 Å². The van der Waals surface area contributed by atoms with E-state index in [0.717, 1.165) is 23.2 Å². The van der Waals surface area contributed by atoms with Gasteiger partial charge >= 0.3 is 23.2 Å². The maximum absolute atomic E-state index is 12.3. The van der Waals surface area contributed by atoms with E-state index in [1.54, 1.807) is 7.11 Å². The summed E-state index contributed by atoms with van der Waals surface area (Å²) in [5, 5.41) is 5.64. The number of carbonyl (C=O) groups is 2. The summed E-state index contributed by atoms with van der Waals surface area (Å²) in [6.45, 7) is 11.2. The van der Waals surface area contributed by atoms with Crippen LogP contribution in [0.25, 0.3) is 0 Å². The molecule has 9 heteroatoms. The van der Waals surface area contributed by atoms with Gasteiger partial charge in [0.2, 0.25) is 5.91 Å². The molecule has 2 rings (SSSR count). The number of nitrogens with one attached hydrogen (secondary N) is 2. The average Bonchev–Trinajstić information content (AvgIpc) is 2.69. The van der Waals surface area contributed by atoms with Crippen LogP contribution < -0.4 is 10.6 Å². The van der Waals surface area contributed by atoms with E-state index in [0.29, 0.717) is 5.69 Å². The van der Waals surface area contributed by atoms with Crippen LogP contribution in [0.1, 0.15) is 25.0 Å². The summed E-state index contributed by atoms with van der Waals surface area (Å²) in [5.74, 6) is -0.0551. The lowest BCUT2D eigenvalue weighted by atomic mass is 10.0. The molecule has 2 aromatic carbocycles. The van der Waals surface area contributed by atoms with Crippen LogP contribution in [-0.2, 0) is 24.2 Å². The van der Waals surface area contributed by atoms with E-state index in [4.69, 9.17) is 13.0 Å². The van der Waals surface area contributed by atoms with Crippen molar-refractivity contribution >= 4 is 40.5 Å². The van der Waals surface area contributed by atoms with Crippen LogP contribution in [0.3, 0.4) is 0 Å². The van der Waals surface area contributed by atoms with Gasteiger partial charge in [-0.15, -0.1) is 0 Å². The number of rotatable bonds is 9. The second-order valence-corrected chi connectivity index (χ2v) is 15.9. The molecule has 0 aromatic heterocycles. The van der Waals surface area contributed by atoms with Crippen molar-refractivity contribution in [2.75, 3.05) is 17.7 Å². The van der Waals surface area contributed by atoms with Crippen LogP contribution in [0.15, 0.2) is 48.5 Å². The maximum Gasteiger partial charge on any atom is 0.399 e. The fraction of sp³-hybridized carbons (Fsp3) is 0.391. The van der Waals surface area contributed by atoms with Crippen molar-refractivity contribution in [3.8, 4) is 0 Å². The van der Waals surface area contributed by atoms with Gasteiger partial charge in [0.1, 0.15) is 0 Å². The minimum absolute atomic E-state index is 0.00136. The highest BCUT2D eigenvalue weighted by Gasteiger charge is 2.38. The van der Waals surface area contributed by atoms with Crippen molar-refractivity contribution in [1.82, 2.24) is 0 Å². The van der Waals surface area contributed by atoms with Crippen LogP contribution in [0, 0.1) is 5.92 Å². The Morgan fingerprint density at radius 3 is 1.72 bits per heavy atom. The van der Waals surface area contributed by atoms with Gasteiger partial charge in [0.15, 0.2) is 0 Å². The van der Waals surface area contributed by atoms with E-state index in [1.165, 1.54) is 0 Å². The van der Waals surface area contributed by atoms with Crippen LogP contribution >= 0.6 is 0 Å². The van der Waals surface area contributed by atoms with Gasteiger partial charge in [0, 0.05) is 24.4 Å². The molecule has 0 unspecified atom stereocenters. The first-order chi connectivity index (χ1) is 14.9. The summed E-state index contributed by atoms with van der Waals surface area (Å²) < 4.78 is 16.9. The molecule has 7 nitrogen and oxygen atoms in total. The summed E-state index contributed by atoms with van der Waals surface area (Å²) in [5.41, 5.74) is 3.67. The molecular formula is C23H34N2O5Si2. The molecule has 2 N–H and O–H groups in total. The number of carbonyl (C=O) groups excluding carboxylic acids is 2. The average molecular weight is 475 g/mol. The molecule has 0 atom stereocenters. The summed E-state index contributed by atoms with van der Waals surface area (Å²) in [6, 6.07) is 15.4. The maximum atomic E-state index is 12.3. The van der Waals surface area contributed by atoms with Gasteiger partial charge in [-0.1, -0.05) is 38.1 Å². The Morgan fingerprint density at radius 1 is 0.812 bits per heavy atom. The Kier molecular flexibility index (Phi) is 8.79. The van der Waals surface area contributed by atoms with E-state index in [2.05, 4.69) is 10.6 Å². The number of hydrogen-bond acceptors (Lipinski definition) is 5. The lowest BCUT2D eigenvalue weighted by Crippen LogP contribution is -2.49. The predicted octanol–water partition coefficient (Wildman–Crippen LogP) is 5.49. The van der Waals surface area contributed by atoms with Gasteiger partial charge in [-0.2, -0.15) is 0 Å². The van der Waals surface area contributed by atoms with E-state index in [1.807, 2.05) is 88.6 Å². The molecule has 0 spiro atoms. The van der Waals surface area contributed by atoms with Crippen LogP contribution in [0.4, 0.5) is 16.2 Å². The summed E-state index contributed by atoms with van der Waals surface area (Å²) in [7, 11) is -3.35. The van der Waals surface area contributed by atoms with Crippen molar-refractivity contribution < 1.29 is 22.6 Å². The van der Waals surface area contributed by atoms with Gasteiger partial charge in [-0.25, -0.2) is 4.79 Å². The highest BCUT2D eigenvalue weighted by Crippen LogP contribution is 2.19. The molecule has 2 aromatic rings. The Balaban J connectivity index is 1.90. The molecule has 0 heterocycles. The third-order valence-electron chi connectivity index (χ3n) is 4.68. The van der Waals surface area contributed by atoms with Crippen LogP contribution in [0.5, 0.6) is 0 Å². The number of benzene rings is 2. The highest BCUT2D eigenvalue weighted by atomic mass is 28.5. The molecular weight excluding hydrogens is 440 g/mol. The summed E-state index contributed by atoms with van der Waals surface area (Å²) >= 11 is 0. The van der Waals surface area contributed by atoms with Gasteiger partial charge in [0.25, 0.3) is 0 Å². The third kappa shape index (κ3) is 8.58. The number of anilines is 2. The number of amides is 2. The minimum Gasteiger partial charge on any atom is -0.479 e. The molecule has 32 heavy (non-hydrogen) atoms. The van der Waals surface area contributed by atoms with E-state index >= 15 is 0 Å². The molecule has 0 bridgehead atoms. The Bertz CT molecular complexity index is 913. The largest absolute Gasteiger partial charge is 0.479 e. The lowest BCUT2D eigenvalue weighted by Gasteiger charge is -2.30. The molecule has 2 amide bonds. The zero-order valence-electron chi connectivity index (χ0n) is 19.9. The van der Waals surface area contributed by atoms with Gasteiger partial charge in [0.05, 0.1) is 0 Å². The van der Waals surface area contributed by atoms with E-state index in [-0.39, 0.29) is 11.8 Å². The van der Waals surface area contributed by atoms with Gasteiger partial charge < -0.3 is 18.3 Å². The topological polar surface area (TPSA) is 85.9 Å². The third-order valence-corrected chi connectivity index (χ3v) is 10.3. The van der Waals surface area contributed by atoms with Crippen LogP contribution in [-0.4, -0.2) is 36.2 Å². The fourth-order valence-electron chi connectivity index (χ4n) is 2.96. The lowest BCUT2D eigenvalue weighted by molar-refractivity contribution is -0.118. The standard InChI is InChI=1S/C23H34N2O5Si2/c1-17(2)22(26)24-20-12-8-18(9-13-20)16-19-10-14-21(15-11-19)25-23(27)29-32(6,7)30-31(4,5)28-3/h8-15,17H,16H2,1-7H3,(H,24,26)(H,25,27). The monoisotopic (exact) mass is 474 g/mol. The molecule has 0 aliphatic rings. The summed E-state index contributed by atoms with van der Waals surface area (Å²) in [6.07, 6.45) is 0.211. The molecule has 0 aliphatic carbocycles. The van der Waals surface area contributed by atoms with Gasteiger partial charge in [-0.05, 0) is 68.0 Å². The molecule has 0 saturated heterocycles. The van der Waals surface area contributed by atoms with Crippen LogP contribution in [0.2, 0.25) is 26.2 Å². The Morgan fingerprint density at radius 2 is 1.28 bits per heavy atom. The molecule has 0 saturated carbocycles. The molecule has 174 valence electrons. The smallest absolute Gasteiger partial charge is 0.399 e. The minimum atomic E-state index is -2.66. The van der Waals surface area contributed by atoms with Gasteiger partial charge in [-0.3, -0.25) is 10.1 Å².